The summed E-state index contributed by atoms with van der Waals surface area (Å²) < 4.78 is 1.02. The maximum atomic E-state index is 12.1. The summed E-state index contributed by atoms with van der Waals surface area (Å²) in [4.78, 5) is 13.8. The summed E-state index contributed by atoms with van der Waals surface area (Å²) in [6.45, 7) is 2.58. The van der Waals surface area contributed by atoms with E-state index in [0.29, 0.717) is 17.5 Å². The van der Waals surface area contributed by atoms with Crippen LogP contribution in [-0.4, -0.2) is 27.9 Å². The molecule has 1 amide bonds. The van der Waals surface area contributed by atoms with Gasteiger partial charge in [-0.1, -0.05) is 64.1 Å². The Morgan fingerprint density at radius 2 is 1.96 bits per heavy atom. The van der Waals surface area contributed by atoms with Gasteiger partial charge in [-0.25, -0.2) is 0 Å². The first-order chi connectivity index (χ1) is 11.6. The van der Waals surface area contributed by atoms with Crippen LogP contribution >= 0.6 is 27.7 Å². The molecule has 2 aromatic carbocycles. The van der Waals surface area contributed by atoms with Gasteiger partial charge in [-0.15, -0.1) is 5.10 Å². The number of rotatable bonds is 4. The Balaban J connectivity index is 1.75. The van der Waals surface area contributed by atoms with Crippen LogP contribution in [0.5, 0.6) is 0 Å². The summed E-state index contributed by atoms with van der Waals surface area (Å²) in [6, 6.07) is 15.9. The number of amidine groups is 1. The summed E-state index contributed by atoms with van der Waals surface area (Å²) >= 11 is 4.83. The van der Waals surface area contributed by atoms with Crippen LogP contribution in [0.2, 0.25) is 0 Å². The Kier molecular flexibility index (Phi) is 5.48. The zero-order chi connectivity index (χ0) is 16.9. The predicted molar refractivity (Wildman–Crippen MR) is 103 cm³/mol. The van der Waals surface area contributed by atoms with E-state index in [1.54, 1.807) is 11.1 Å². The highest BCUT2D eigenvalue weighted by molar-refractivity contribution is 9.10. The Bertz CT molecular complexity index is 802. The molecule has 122 valence electrons. The van der Waals surface area contributed by atoms with Gasteiger partial charge in [0.2, 0.25) is 5.91 Å². The molecule has 0 atom stereocenters. The molecular formula is C18H16BrN3OS. The number of hydrogen-bond donors (Lipinski definition) is 0. The van der Waals surface area contributed by atoms with Gasteiger partial charge in [0.25, 0.3) is 0 Å². The molecule has 2 aromatic rings. The Morgan fingerprint density at radius 3 is 2.71 bits per heavy atom. The average molecular weight is 402 g/mol. The number of nitrogens with zero attached hydrogens (tertiary/aromatic N) is 3. The Labute approximate surface area is 153 Å². The topological polar surface area (TPSA) is 45.0 Å². The fourth-order valence-corrected chi connectivity index (χ4v) is 3.38. The molecule has 1 aliphatic rings. The molecule has 0 aliphatic carbocycles. The Hall–Kier alpha value is -1.92. The zero-order valence-corrected chi connectivity index (χ0v) is 15.5. The quantitative estimate of drug-likeness (QED) is 0.568. The largest absolute Gasteiger partial charge is 0.285 e. The van der Waals surface area contributed by atoms with Crippen LogP contribution in [0.4, 0.5) is 0 Å². The molecule has 0 aromatic heterocycles. The maximum Gasteiger partial charge on any atom is 0.239 e. The van der Waals surface area contributed by atoms with Crippen LogP contribution in [0, 0.1) is 6.92 Å². The summed E-state index contributed by atoms with van der Waals surface area (Å²) in [6.07, 6.45) is 1.69. The van der Waals surface area contributed by atoms with E-state index in [4.69, 9.17) is 0 Å². The standard InChI is InChI=1S/C18H16BrN3OS/c1-13-4-2-3-5-15(13)11-22-17(23)12-24-18(22)21-20-10-14-6-8-16(19)9-7-14/h2-10H,11-12H2,1H3/b20-10+,21-18-. The highest BCUT2D eigenvalue weighted by Crippen LogP contribution is 2.23. The van der Waals surface area contributed by atoms with E-state index in [9.17, 15) is 4.79 Å². The predicted octanol–water partition coefficient (Wildman–Crippen LogP) is 4.22. The van der Waals surface area contributed by atoms with Crippen molar-refractivity contribution >= 4 is 45.0 Å². The smallest absolute Gasteiger partial charge is 0.239 e. The van der Waals surface area contributed by atoms with E-state index in [1.165, 1.54) is 17.3 Å². The molecule has 0 spiro atoms. The second-order valence-electron chi connectivity index (χ2n) is 5.37. The molecule has 1 heterocycles. The summed E-state index contributed by atoms with van der Waals surface area (Å²) in [5.74, 6) is 0.485. The van der Waals surface area contributed by atoms with Crippen molar-refractivity contribution in [2.75, 3.05) is 5.75 Å². The lowest BCUT2D eigenvalue weighted by atomic mass is 10.1. The molecule has 1 fully saturated rings. The third kappa shape index (κ3) is 4.13. The average Bonchev–Trinajstić information content (AvgIpc) is 2.92. The first kappa shape index (κ1) is 16.9. The van der Waals surface area contributed by atoms with Gasteiger partial charge >= 0.3 is 0 Å². The Morgan fingerprint density at radius 1 is 1.21 bits per heavy atom. The third-order valence-corrected chi connectivity index (χ3v) is 5.15. The fraction of sp³-hybridized carbons (Fsp3) is 0.167. The van der Waals surface area contributed by atoms with Crippen molar-refractivity contribution in [3.05, 3.63) is 69.7 Å². The number of hydrogen-bond acceptors (Lipinski definition) is 4. The summed E-state index contributed by atoms with van der Waals surface area (Å²) in [5, 5.41) is 9.03. The van der Waals surface area contributed by atoms with Crippen LogP contribution in [0.3, 0.4) is 0 Å². The van der Waals surface area contributed by atoms with Crippen molar-refractivity contribution < 1.29 is 4.79 Å². The van der Waals surface area contributed by atoms with E-state index in [2.05, 4.69) is 26.1 Å². The lowest BCUT2D eigenvalue weighted by molar-refractivity contribution is -0.124. The monoisotopic (exact) mass is 401 g/mol. The summed E-state index contributed by atoms with van der Waals surface area (Å²) in [7, 11) is 0. The third-order valence-electron chi connectivity index (χ3n) is 3.67. The second-order valence-corrected chi connectivity index (χ2v) is 7.23. The number of halogens is 1. The van der Waals surface area contributed by atoms with Gasteiger partial charge in [-0.05, 0) is 35.7 Å². The van der Waals surface area contributed by atoms with Crippen LogP contribution in [0.25, 0.3) is 0 Å². The second kappa shape index (κ2) is 7.77. The summed E-state index contributed by atoms with van der Waals surface area (Å²) in [5.41, 5.74) is 3.25. The normalized spacial score (nSPS) is 16.5. The van der Waals surface area contributed by atoms with Gasteiger partial charge in [0.05, 0.1) is 18.5 Å². The minimum atomic E-state index is 0.0702. The van der Waals surface area contributed by atoms with Gasteiger partial charge < -0.3 is 0 Å². The zero-order valence-electron chi connectivity index (χ0n) is 13.1. The highest BCUT2D eigenvalue weighted by Gasteiger charge is 2.28. The number of carbonyl (C=O) groups excluding carboxylic acids is 1. The minimum absolute atomic E-state index is 0.0702. The minimum Gasteiger partial charge on any atom is -0.285 e. The first-order valence-corrected chi connectivity index (χ1v) is 9.25. The molecule has 4 nitrogen and oxygen atoms in total. The van der Waals surface area contributed by atoms with Crippen molar-refractivity contribution in [2.45, 2.75) is 13.5 Å². The van der Waals surface area contributed by atoms with Gasteiger partial charge in [0, 0.05) is 4.47 Å². The highest BCUT2D eigenvalue weighted by atomic mass is 79.9. The molecule has 24 heavy (non-hydrogen) atoms. The SMILES string of the molecule is Cc1ccccc1CN1C(=O)CS/C1=N\N=C\c1ccc(Br)cc1. The first-order valence-electron chi connectivity index (χ1n) is 7.48. The van der Waals surface area contributed by atoms with E-state index in [0.717, 1.165) is 15.6 Å². The van der Waals surface area contributed by atoms with Crippen molar-refractivity contribution in [1.29, 1.82) is 0 Å². The van der Waals surface area contributed by atoms with E-state index >= 15 is 0 Å². The van der Waals surface area contributed by atoms with Crippen molar-refractivity contribution in [3.8, 4) is 0 Å². The molecule has 0 N–H and O–H groups in total. The number of aryl methyl sites for hydroxylation is 1. The number of thioether (sulfide) groups is 1. The molecule has 0 saturated carbocycles. The van der Waals surface area contributed by atoms with Crippen LogP contribution in [-0.2, 0) is 11.3 Å². The molecule has 0 bridgehead atoms. The molecular weight excluding hydrogens is 386 g/mol. The van der Waals surface area contributed by atoms with Crippen molar-refractivity contribution in [1.82, 2.24) is 4.90 Å². The molecule has 3 rings (SSSR count). The van der Waals surface area contributed by atoms with E-state index in [1.807, 2.05) is 55.5 Å². The van der Waals surface area contributed by atoms with Crippen molar-refractivity contribution in [3.63, 3.8) is 0 Å². The van der Waals surface area contributed by atoms with E-state index < -0.39 is 0 Å². The number of benzene rings is 2. The maximum absolute atomic E-state index is 12.1. The van der Waals surface area contributed by atoms with Crippen LogP contribution in [0.1, 0.15) is 16.7 Å². The van der Waals surface area contributed by atoms with Gasteiger partial charge in [-0.3, -0.25) is 9.69 Å². The number of carbonyl (C=O) groups is 1. The molecule has 0 unspecified atom stereocenters. The fourth-order valence-electron chi connectivity index (χ4n) is 2.28. The molecule has 1 aliphatic heterocycles. The molecule has 6 heteroatoms. The molecule has 0 radical (unpaired) electrons. The lowest BCUT2D eigenvalue weighted by Crippen LogP contribution is -2.29. The molecule has 1 saturated heterocycles. The van der Waals surface area contributed by atoms with Crippen LogP contribution < -0.4 is 0 Å². The number of amides is 1. The van der Waals surface area contributed by atoms with Gasteiger partial charge in [-0.2, -0.15) is 5.10 Å². The van der Waals surface area contributed by atoms with Gasteiger partial charge in [0.15, 0.2) is 5.17 Å². The van der Waals surface area contributed by atoms with Gasteiger partial charge in [0.1, 0.15) is 0 Å². The van der Waals surface area contributed by atoms with Crippen LogP contribution in [0.15, 0.2) is 63.2 Å². The lowest BCUT2D eigenvalue weighted by Gasteiger charge is -2.16. The van der Waals surface area contributed by atoms with E-state index in [-0.39, 0.29) is 5.91 Å². The van der Waals surface area contributed by atoms with Crippen molar-refractivity contribution in [2.24, 2.45) is 10.2 Å².